The van der Waals surface area contributed by atoms with Gasteiger partial charge in [-0.1, -0.05) is 57.0 Å². The Morgan fingerprint density at radius 1 is 1.12 bits per heavy atom. The van der Waals surface area contributed by atoms with Gasteiger partial charge < -0.3 is 9.84 Å². The van der Waals surface area contributed by atoms with Crippen molar-refractivity contribution in [3.63, 3.8) is 0 Å². The molecule has 130 valence electrons. The maximum absolute atomic E-state index is 11.6. The van der Waals surface area contributed by atoms with E-state index in [1.807, 2.05) is 6.08 Å². The number of carbonyl (C=O) groups excluding carboxylic acids is 1. The van der Waals surface area contributed by atoms with Gasteiger partial charge in [-0.3, -0.25) is 4.79 Å². The number of ketones is 1. The van der Waals surface area contributed by atoms with E-state index in [0.717, 1.165) is 6.42 Å². The van der Waals surface area contributed by atoms with E-state index in [0.29, 0.717) is 12.2 Å². The first-order chi connectivity index (χ1) is 11.3. The lowest BCUT2D eigenvalue weighted by molar-refractivity contribution is -0.116. The van der Waals surface area contributed by atoms with Gasteiger partial charge in [-0.25, -0.2) is 0 Å². The number of hydrogen-bond acceptors (Lipinski definition) is 3. The van der Waals surface area contributed by atoms with Crippen LogP contribution in [-0.2, 0) is 4.79 Å². The van der Waals surface area contributed by atoms with Crippen LogP contribution in [0.1, 0.15) is 46.5 Å². The second-order valence-corrected chi connectivity index (χ2v) is 7.55. The zero-order chi connectivity index (χ0) is 17.8. The van der Waals surface area contributed by atoms with Gasteiger partial charge in [0.1, 0.15) is 0 Å². The molecule has 1 N–H and O–H groups in total. The Balaban J connectivity index is 0.000000198. The van der Waals surface area contributed by atoms with E-state index in [1.54, 1.807) is 30.3 Å². The Hall–Kier alpha value is -2.03. The van der Waals surface area contributed by atoms with Gasteiger partial charge in [-0.2, -0.15) is 0 Å². The van der Waals surface area contributed by atoms with Crippen LogP contribution >= 0.6 is 0 Å². The largest absolute Gasteiger partial charge is 0.504 e. The molecule has 24 heavy (non-hydrogen) atoms. The number of fused-ring (bicyclic) bond motifs is 1. The molecule has 0 heterocycles. The van der Waals surface area contributed by atoms with Crippen molar-refractivity contribution < 1.29 is 14.6 Å². The fourth-order valence-electron chi connectivity index (χ4n) is 3.94. The fraction of sp³-hybridized carbons (Fsp3) is 0.476. The molecule has 0 amide bonds. The molecule has 1 unspecified atom stereocenters. The average molecular weight is 328 g/mol. The molecule has 1 aromatic rings. The summed E-state index contributed by atoms with van der Waals surface area (Å²) >= 11 is 0. The average Bonchev–Trinajstić information content (AvgIpc) is 2.66. The third-order valence-electron chi connectivity index (χ3n) is 5.10. The molecule has 3 heteroatoms. The maximum atomic E-state index is 11.6. The summed E-state index contributed by atoms with van der Waals surface area (Å²) in [5, 5.41) is 8.99. The van der Waals surface area contributed by atoms with Crippen molar-refractivity contribution in [2.45, 2.75) is 46.5 Å². The van der Waals surface area contributed by atoms with Crippen molar-refractivity contribution in [3.8, 4) is 11.5 Å². The molecule has 2 aliphatic carbocycles. The van der Waals surface area contributed by atoms with Crippen molar-refractivity contribution in [1.82, 2.24) is 0 Å². The minimum absolute atomic E-state index is 0.113. The summed E-state index contributed by atoms with van der Waals surface area (Å²) in [6.07, 6.45) is 10.2. The highest BCUT2D eigenvalue weighted by molar-refractivity contribution is 5.91. The van der Waals surface area contributed by atoms with Crippen molar-refractivity contribution in [1.29, 1.82) is 0 Å². The molecule has 0 spiro atoms. The summed E-state index contributed by atoms with van der Waals surface area (Å²) in [5.41, 5.74) is 1.85. The summed E-state index contributed by atoms with van der Waals surface area (Å²) in [6.45, 7) is 6.87. The number of ether oxygens (including phenoxy) is 1. The van der Waals surface area contributed by atoms with Gasteiger partial charge in [0.15, 0.2) is 17.3 Å². The van der Waals surface area contributed by atoms with Gasteiger partial charge in [-0.05, 0) is 41.9 Å². The SMILES string of the molecule is CC1(C)CCCC2(C)CC(=O)C=CC=C12.COc1ccccc1O. The number of para-hydroxylation sites is 2. The lowest BCUT2D eigenvalue weighted by atomic mass is 9.59. The zero-order valence-electron chi connectivity index (χ0n) is 15.1. The number of benzene rings is 1. The molecule has 0 aromatic heterocycles. The number of phenolic OH excluding ortho intramolecular Hbond substituents is 1. The summed E-state index contributed by atoms with van der Waals surface area (Å²) in [4.78, 5) is 11.6. The van der Waals surface area contributed by atoms with Crippen LogP contribution in [0, 0.1) is 10.8 Å². The number of hydrogen-bond donors (Lipinski definition) is 1. The number of carbonyl (C=O) groups is 1. The van der Waals surface area contributed by atoms with Crippen LogP contribution in [0.5, 0.6) is 11.5 Å². The van der Waals surface area contributed by atoms with Crippen molar-refractivity contribution in [3.05, 3.63) is 48.1 Å². The maximum Gasteiger partial charge on any atom is 0.160 e. The molecule has 0 saturated heterocycles. The molecular weight excluding hydrogens is 300 g/mol. The van der Waals surface area contributed by atoms with Crippen molar-refractivity contribution >= 4 is 5.78 Å². The Kier molecular flexibility index (Phi) is 5.53. The van der Waals surface area contributed by atoms with E-state index >= 15 is 0 Å². The molecule has 3 nitrogen and oxygen atoms in total. The molecule has 3 rings (SSSR count). The molecule has 1 atom stereocenters. The first-order valence-corrected chi connectivity index (χ1v) is 8.53. The van der Waals surface area contributed by atoms with E-state index in [9.17, 15) is 4.79 Å². The first-order valence-electron chi connectivity index (χ1n) is 8.53. The quantitative estimate of drug-likeness (QED) is 0.784. The Morgan fingerprint density at radius 3 is 2.46 bits per heavy atom. The number of rotatable bonds is 1. The highest BCUT2D eigenvalue weighted by Crippen LogP contribution is 2.53. The van der Waals surface area contributed by atoms with E-state index in [-0.39, 0.29) is 22.4 Å². The molecule has 0 bridgehead atoms. The summed E-state index contributed by atoms with van der Waals surface area (Å²) in [5.74, 6) is 0.971. The molecule has 1 saturated carbocycles. The Morgan fingerprint density at radius 2 is 1.83 bits per heavy atom. The fourth-order valence-corrected chi connectivity index (χ4v) is 3.94. The topological polar surface area (TPSA) is 46.5 Å². The van der Waals surface area contributed by atoms with Crippen LogP contribution in [0.25, 0.3) is 0 Å². The predicted octanol–water partition coefficient (Wildman–Crippen LogP) is 5.06. The van der Waals surface area contributed by atoms with Crippen LogP contribution in [0.3, 0.4) is 0 Å². The summed E-state index contributed by atoms with van der Waals surface area (Å²) < 4.78 is 4.79. The minimum Gasteiger partial charge on any atom is -0.504 e. The number of aromatic hydroxyl groups is 1. The molecule has 0 aliphatic heterocycles. The highest BCUT2D eigenvalue weighted by atomic mass is 16.5. The highest BCUT2D eigenvalue weighted by Gasteiger charge is 2.42. The second-order valence-electron chi connectivity index (χ2n) is 7.55. The lowest BCUT2D eigenvalue weighted by Crippen LogP contribution is -2.35. The van der Waals surface area contributed by atoms with Gasteiger partial charge in [0.25, 0.3) is 0 Å². The summed E-state index contributed by atoms with van der Waals surface area (Å²) in [7, 11) is 1.52. The van der Waals surface area contributed by atoms with Crippen LogP contribution < -0.4 is 4.74 Å². The monoisotopic (exact) mass is 328 g/mol. The molecule has 1 aromatic carbocycles. The second kappa shape index (κ2) is 7.25. The third-order valence-corrected chi connectivity index (χ3v) is 5.10. The molecule has 1 fully saturated rings. The van der Waals surface area contributed by atoms with E-state index in [2.05, 4.69) is 26.8 Å². The smallest absolute Gasteiger partial charge is 0.160 e. The van der Waals surface area contributed by atoms with Gasteiger partial charge in [0.2, 0.25) is 0 Å². The van der Waals surface area contributed by atoms with Gasteiger partial charge in [0, 0.05) is 6.42 Å². The van der Waals surface area contributed by atoms with E-state index in [1.165, 1.54) is 25.5 Å². The van der Waals surface area contributed by atoms with Crippen LogP contribution in [0.4, 0.5) is 0 Å². The normalized spacial score (nSPS) is 24.8. The zero-order valence-corrected chi connectivity index (χ0v) is 15.1. The van der Waals surface area contributed by atoms with Gasteiger partial charge in [0.05, 0.1) is 7.11 Å². The van der Waals surface area contributed by atoms with Crippen molar-refractivity contribution in [2.24, 2.45) is 10.8 Å². The Labute approximate surface area is 145 Å². The van der Waals surface area contributed by atoms with Gasteiger partial charge >= 0.3 is 0 Å². The molecular formula is C21H28O3. The van der Waals surface area contributed by atoms with Crippen LogP contribution in [0.15, 0.2) is 48.1 Å². The number of methoxy groups -OCH3 is 1. The number of phenols is 1. The van der Waals surface area contributed by atoms with Gasteiger partial charge in [-0.15, -0.1) is 0 Å². The predicted molar refractivity (Wildman–Crippen MR) is 97.2 cm³/mol. The minimum atomic E-state index is 0.113. The van der Waals surface area contributed by atoms with Crippen LogP contribution in [-0.4, -0.2) is 18.0 Å². The number of allylic oxidation sites excluding steroid dienone is 4. The molecule has 0 radical (unpaired) electrons. The van der Waals surface area contributed by atoms with Crippen LogP contribution in [0.2, 0.25) is 0 Å². The van der Waals surface area contributed by atoms with E-state index in [4.69, 9.17) is 9.84 Å². The summed E-state index contributed by atoms with van der Waals surface area (Å²) in [6, 6.07) is 6.84. The van der Waals surface area contributed by atoms with E-state index < -0.39 is 0 Å². The first kappa shape index (κ1) is 18.3. The molecule has 2 aliphatic rings. The third kappa shape index (κ3) is 4.08. The van der Waals surface area contributed by atoms with Crippen molar-refractivity contribution in [2.75, 3.05) is 7.11 Å². The standard InChI is InChI=1S/C14H20O.C7H8O2/c1-13(2)8-5-9-14(3)10-11(15)6-4-7-12(13)14;1-9-7-5-3-2-4-6(7)8/h4,6-7H,5,8-10H2,1-3H3;2-5,8H,1H3. The lowest BCUT2D eigenvalue weighted by Gasteiger charge is -2.45. The Bertz CT molecular complexity index is 655.